The van der Waals surface area contributed by atoms with Crippen LogP contribution in [0.1, 0.15) is 49.8 Å². The fraction of sp³-hybridized carbons (Fsp3) is 0.526. The van der Waals surface area contributed by atoms with Gasteiger partial charge in [0.1, 0.15) is 0 Å². The summed E-state index contributed by atoms with van der Waals surface area (Å²) >= 11 is 9.66. The van der Waals surface area contributed by atoms with Crippen molar-refractivity contribution in [2.75, 3.05) is 17.2 Å². The van der Waals surface area contributed by atoms with Crippen LogP contribution >= 0.6 is 27.5 Å². The average Bonchev–Trinajstić information content (AvgIpc) is 2.56. The van der Waals surface area contributed by atoms with Crippen molar-refractivity contribution >= 4 is 44.1 Å². The van der Waals surface area contributed by atoms with Crippen LogP contribution in [0.5, 0.6) is 0 Å². The molecule has 0 spiro atoms. The molecule has 1 aromatic heterocycles. The monoisotopic (exact) mass is 394 g/mol. The Balaban J connectivity index is 1.81. The van der Waals surface area contributed by atoms with Crippen molar-refractivity contribution < 1.29 is 0 Å². The van der Waals surface area contributed by atoms with Crippen molar-refractivity contribution in [3.05, 3.63) is 34.5 Å². The van der Waals surface area contributed by atoms with Crippen LogP contribution in [0.3, 0.4) is 0 Å². The van der Waals surface area contributed by atoms with Gasteiger partial charge in [-0.25, -0.2) is 0 Å². The number of benzene rings is 1. The highest BCUT2D eigenvalue weighted by Crippen LogP contribution is 2.34. The predicted octanol–water partition coefficient (Wildman–Crippen LogP) is 6.13. The van der Waals surface area contributed by atoms with E-state index in [2.05, 4.69) is 27.3 Å². The summed E-state index contributed by atoms with van der Waals surface area (Å²) in [7, 11) is 0. The van der Waals surface area contributed by atoms with Crippen molar-refractivity contribution in [1.29, 1.82) is 0 Å². The lowest BCUT2D eigenvalue weighted by Gasteiger charge is -2.22. The minimum atomic E-state index is 0.765. The van der Waals surface area contributed by atoms with Crippen molar-refractivity contribution in [2.45, 2.75) is 51.4 Å². The highest BCUT2D eigenvalue weighted by atomic mass is 79.9. The van der Waals surface area contributed by atoms with Crippen LogP contribution in [-0.4, -0.2) is 16.9 Å². The Bertz CT molecular complexity index is 672. The Hall–Kier alpha value is -0.800. The second-order valence-electron chi connectivity index (χ2n) is 6.31. The number of pyridine rings is 1. The first-order valence-corrected chi connectivity index (χ1v) is 10.2. The van der Waals surface area contributed by atoms with E-state index >= 15 is 0 Å². The van der Waals surface area contributed by atoms with E-state index in [4.69, 9.17) is 16.6 Å². The van der Waals surface area contributed by atoms with Gasteiger partial charge in [0, 0.05) is 33.7 Å². The zero-order chi connectivity index (χ0) is 16.1. The van der Waals surface area contributed by atoms with Crippen LogP contribution in [0.15, 0.2) is 18.2 Å². The molecule has 1 N–H and O–H groups in total. The minimum Gasteiger partial charge on any atom is -0.384 e. The molecule has 0 bridgehead atoms. The molecule has 23 heavy (non-hydrogen) atoms. The zero-order valence-corrected chi connectivity index (χ0v) is 15.8. The van der Waals surface area contributed by atoms with E-state index in [0.29, 0.717) is 0 Å². The molecule has 3 rings (SSSR count). The number of aromatic nitrogens is 1. The van der Waals surface area contributed by atoms with Crippen LogP contribution in [-0.2, 0) is 12.8 Å². The van der Waals surface area contributed by atoms with Crippen molar-refractivity contribution in [3.8, 4) is 0 Å². The fourth-order valence-corrected chi connectivity index (χ4v) is 3.95. The van der Waals surface area contributed by atoms with Gasteiger partial charge in [0.05, 0.1) is 5.52 Å². The zero-order valence-electron chi connectivity index (χ0n) is 13.5. The van der Waals surface area contributed by atoms with Crippen LogP contribution < -0.4 is 5.32 Å². The summed E-state index contributed by atoms with van der Waals surface area (Å²) in [5.41, 5.74) is 5.04. The molecule has 0 amide bonds. The van der Waals surface area contributed by atoms with E-state index in [0.717, 1.165) is 35.3 Å². The van der Waals surface area contributed by atoms with Gasteiger partial charge in [-0.1, -0.05) is 40.4 Å². The molecular formula is C19H24BrClN2. The molecule has 2 aromatic rings. The number of nitrogens with one attached hydrogen (secondary N) is 1. The third-order valence-corrected chi connectivity index (χ3v) is 5.38. The van der Waals surface area contributed by atoms with Gasteiger partial charge >= 0.3 is 0 Å². The molecule has 4 heteroatoms. The first-order chi connectivity index (χ1) is 11.3. The maximum absolute atomic E-state index is 6.17. The molecule has 0 atom stereocenters. The number of nitrogens with zero attached hydrogens (tertiary/aromatic N) is 1. The molecule has 1 heterocycles. The minimum absolute atomic E-state index is 0.765. The van der Waals surface area contributed by atoms with E-state index in [-0.39, 0.29) is 0 Å². The van der Waals surface area contributed by atoms with Crippen LogP contribution in [0, 0.1) is 0 Å². The molecule has 1 aliphatic carbocycles. The third kappa shape index (κ3) is 4.19. The first-order valence-electron chi connectivity index (χ1n) is 8.70. The number of fused-ring (bicyclic) bond motifs is 2. The summed E-state index contributed by atoms with van der Waals surface area (Å²) < 4.78 is 0. The summed E-state index contributed by atoms with van der Waals surface area (Å²) in [6, 6.07) is 6.08. The Morgan fingerprint density at radius 1 is 1.09 bits per heavy atom. The molecule has 0 radical (unpaired) electrons. The molecule has 0 unspecified atom stereocenters. The van der Waals surface area contributed by atoms with Gasteiger partial charge in [-0.15, -0.1) is 0 Å². The standard InChI is InChI=1S/C19H24BrClN2/c20-11-5-1-2-6-12-22-19-15-7-3-4-8-17(15)23-18-13-14(21)9-10-16(18)19/h9-10,13H,1-8,11-12H2,(H,22,23). The van der Waals surface area contributed by atoms with Crippen molar-refractivity contribution in [2.24, 2.45) is 0 Å². The summed E-state index contributed by atoms with van der Waals surface area (Å²) in [5.74, 6) is 0. The number of halogens is 2. The Labute approximate surface area is 152 Å². The molecule has 0 saturated carbocycles. The summed E-state index contributed by atoms with van der Waals surface area (Å²) in [6.07, 6.45) is 9.84. The maximum atomic E-state index is 6.17. The van der Waals surface area contributed by atoms with E-state index in [1.807, 2.05) is 12.1 Å². The lowest BCUT2D eigenvalue weighted by Crippen LogP contribution is -2.12. The predicted molar refractivity (Wildman–Crippen MR) is 104 cm³/mol. The number of alkyl halides is 1. The van der Waals surface area contributed by atoms with Gasteiger partial charge in [0.15, 0.2) is 0 Å². The topological polar surface area (TPSA) is 24.9 Å². The van der Waals surface area contributed by atoms with E-state index in [1.54, 1.807) is 0 Å². The number of aryl methyl sites for hydroxylation is 1. The molecule has 1 aromatic carbocycles. The van der Waals surface area contributed by atoms with Gasteiger partial charge in [-0.05, 0) is 62.3 Å². The summed E-state index contributed by atoms with van der Waals surface area (Å²) in [5, 5.41) is 6.82. The number of unbranched alkanes of at least 4 members (excludes halogenated alkanes) is 3. The van der Waals surface area contributed by atoms with Crippen LogP contribution in [0.25, 0.3) is 10.9 Å². The van der Waals surface area contributed by atoms with Crippen molar-refractivity contribution in [1.82, 2.24) is 4.98 Å². The van der Waals surface area contributed by atoms with Gasteiger partial charge < -0.3 is 5.32 Å². The first kappa shape index (κ1) is 17.0. The third-order valence-electron chi connectivity index (χ3n) is 4.59. The molecule has 0 aliphatic heterocycles. The van der Waals surface area contributed by atoms with Gasteiger partial charge in [0.25, 0.3) is 0 Å². The summed E-state index contributed by atoms with van der Waals surface area (Å²) in [6.45, 7) is 1.04. The van der Waals surface area contributed by atoms with Crippen LogP contribution in [0.2, 0.25) is 5.02 Å². The smallest absolute Gasteiger partial charge is 0.0741 e. The van der Waals surface area contributed by atoms with Gasteiger partial charge in [-0.2, -0.15) is 0 Å². The SMILES string of the molecule is Clc1ccc2c(NCCCCCCBr)c3c(nc2c1)CCCC3. The number of hydrogen-bond donors (Lipinski definition) is 1. The number of hydrogen-bond acceptors (Lipinski definition) is 2. The molecule has 0 fully saturated rings. The number of anilines is 1. The van der Waals surface area contributed by atoms with Gasteiger partial charge in [-0.3, -0.25) is 4.98 Å². The molecule has 124 valence electrons. The fourth-order valence-electron chi connectivity index (χ4n) is 3.39. The molecule has 1 aliphatic rings. The molecule has 0 saturated heterocycles. The summed E-state index contributed by atoms with van der Waals surface area (Å²) in [4.78, 5) is 4.88. The van der Waals surface area contributed by atoms with E-state index in [1.165, 1.54) is 60.9 Å². The van der Waals surface area contributed by atoms with Crippen molar-refractivity contribution in [3.63, 3.8) is 0 Å². The normalized spacial score (nSPS) is 14.0. The maximum Gasteiger partial charge on any atom is 0.0741 e. The average molecular weight is 396 g/mol. The second kappa shape index (κ2) is 8.34. The Morgan fingerprint density at radius 2 is 1.91 bits per heavy atom. The van der Waals surface area contributed by atoms with E-state index < -0.39 is 0 Å². The quantitative estimate of drug-likeness (QED) is 0.450. The van der Waals surface area contributed by atoms with E-state index in [9.17, 15) is 0 Å². The molecular weight excluding hydrogens is 372 g/mol. The largest absolute Gasteiger partial charge is 0.384 e. The van der Waals surface area contributed by atoms with Crippen LogP contribution in [0.4, 0.5) is 5.69 Å². The lowest BCUT2D eigenvalue weighted by atomic mass is 9.92. The highest BCUT2D eigenvalue weighted by molar-refractivity contribution is 9.09. The molecule has 2 nitrogen and oxygen atoms in total. The Kier molecular flexibility index (Phi) is 6.18. The number of rotatable bonds is 7. The van der Waals surface area contributed by atoms with Gasteiger partial charge in [0.2, 0.25) is 0 Å². The lowest BCUT2D eigenvalue weighted by molar-refractivity contribution is 0.668. The second-order valence-corrected chi connectivity index (χ2v) is 7.54. The Morgan fingerprint density at radius 3 is 2.78 bits per heavy atom. The highest BCUT2D eigenvalue weighted by Gasteiger charge is 2.18.